The molecule has 0 atom stereocenters. The third-order valence-electron chi connectivity index (χ3n) is 2.87. The number of nitrogens with one attached hydrogen (secondary N) is 1. The van der Waals surface area contributed by atoms with E-state index in [0.717, 1.165) is 22.6 Å². The van der Waals surface area contributed by atoms with Crippen LogP contribution >= 0.6 is 0 Å². The summed E-state index contributed by atoms with van der Waals surface area (Å²) in [6, 6.07) is 11.2. The van der Waals surface area contributed by atoms with Crippen LogP contribution in [0.25, 0.3) is 0 Å². The van der Waals surface area contributed by atoms with Crippen molar-refractivity contribution in [3.63, 3.8) is 0 Å². The number of methoxy groups -OCH3 is 1. The Morgan fingerprint density at radius 3 is 2.83 bits per heavy atom. The predicted octanol–water partition coefficient (Wildman–Crippen LogP) is 3.21. The minimum Gasteiger partial charge on any atom is -0.504 e. The first-order chi connectivity index (χ1) is 8.78. The molecule has 3 rings (SSSR count). The molecular weight excluding hydrogens is 228 g/mol. The second-order valence-electron chi connectivity index (χ2n) is 4.01. The van der Waals surface area contributed by atoms with Crippen LogP contribution in [0.1, 0.15) is 5.56 Å². The van der Waals surface area contributed by atoms with Crippen LogP contribution in [-0.2, 0) is 0 Å². The zero-order valence-electron chi connectivity index (χ0n) is 9.84. The molecule has 2 aromatic carbocycles. The summed E-state index contributed by atoms with van der Waals surface area (Å²) in [6.45, 7) is 0. The molecule has 0 radical (unpaired) electrons. The molecule has 90 valence electrons. The molecule has 1 heterocycles. The van der Waals surface area contributed by atoms with Crippen molar-refractivity contribution >= 4 is 23.3 Å². The largest absolute Gasteiger partial charge is 0.504 e. The topological polar surface area (TPSA) is 53.9 Å². The molecule has 1 aliphatic heterocycles. The number of phenols is 1. The number of aromatic hydroxyl groups is 1. The molecule has 2 aromatic rings. The van der Waals surface area contributed by atoms with Crippen LogP contribution in [0.3, 0.4) is 0 Å². The maximum absolute atomic E-state index is 9.76. The fourth-order valence-electron chi connectivity index (χ4n) is 1.94. The number of para-hydroxylation sites is 2. The second kappa shape index (κ2) is 4.07. The van der Waals surface area contributed by atoms with E-state index in [2.05, 4.69) is 10.3 Å². The highest BCUT2D eigenvalue weighted by Crippen LogP contribution is 2.37. The van der Waals surface area contributed by atoms with Crippen molar-refractivity contribution in [1.29, 1.82) is 0 Å². The molecule has 0 aliphatic carbocycles. The highest BCUT2D eigenvalue weighted by Gasteiger charge is 2.12. The van der Waals surface area contributed by atoms with Crippen molar-refractivity contribution in [2.45, 2.75) is 0 Å². The maximum atomic E-state index is 9.76. The van der Waals surface area contributed by atoms with Gasteiger partial charge in [-0.2, -0.15) is 0 Å². The second-order valence-corrected chi connectivity index (χ2v) is 4.01. The fourth-order valence-corrected chi connectivity index (χ4v) is 1.94. The van der Waals surface area contributed by atoms with Gasteiger partial charge >= 0.3 is 0 Å². The molecule has 0 unspecified atom stereocenters. The number of hydrogen-bond acceptors (Lipinski definition) is 4. The van der Waals surface area contributed by atoms with Crippen molar-refractivity contribution in [3.05, 3.63) is 42.0 Å². The van der Waals surface area contributed by atoms with Crippen LogP contribution in [0.5, 0.6) is 11.5 Å². The van der Waals surface area contributed by atoms with Gasteiger partial charge in [-0.25, -0.2) is 0 Å². The molecule has 0 amide bonds. The van der Waals surface area contributed by atoms with Crippen LogP contribution in [0.4, 0.5) is 17.1 Å². The standard InChI is InChI=1S/C14H12N2O2/c1-18-14-7-12-9(6-13(14)17)8-15-10-4-2-3-5-11(10)16-12/h2-8,16-17H,1H3. The van der Waals surface area contributed by atoms with E-state index in [9.17, 15) is 5.11 Å². The highest BCUT2D eigenvalue weighted by atomic mass is 16.5. The van der Waals surface area contributed by atoms with Gasteiger partial charge in [-0.05, 0) is 18.2 Å². The first-order valence-electron chi connectivity index (χ1n) is 5.59. The van der Waals surface area contributed by atoms with E-state index in [0.29, 0.717) is 5.75 Å². The van der Waals surface area contributed by atoms with Crippen molar-refractivity contribution in [2.75, 3.05) is 12.4 Å². The fraction of sp³-hybridized carbons (Fsp3) is 0.0714. The number of rotatable bonds is 1. The average Bonchev–Trinajstić information content (AvgIpc) is 2.57. The maximum Gasteiger partial charge on any atom is 0.162 e. The zero-order chi connectivity index (χ0) is 12.5. The normalized spacial score (nSPS) is 12.1. The van der Waals surface area contributed by atoms with Gasteiger partial charge in [0.25, 0.3) is 0 Å². The van der Waals surface area contributed by atoms with Crippen molar-refractivity contribution in [2.24, 2.45) is 4.99 Å². The molecular formula is C14H12N2O2. The van der Waals surface area contributed by atoms with E-state index in [1.807, 2.05) is 24.3 Å². The third-order valence-corrected chi connectivity index (χ3v) is 2.87. The summed E-state index contributed by atoms with van der Waals surface area (Å²) < 4.78 is 5.11. The lowest BCUT2D eigenvalue weighted by Gasteiger charge is -2.11. The minimum atomic E-state index is 0.107. The SMILES string of the molecule is COc1cc2c(cc1O)C=Nc1ccccc1N2. The molecule has 1 aliphatic rings. The Bertz CT molecular complexity index is 636. The molecule has 2 N–H and O–H groups in total. The van der Waals surface area contributed by atoms with Gasteiger partial charge in [0.2, 0.25) is 0 Å². The molecule has 0 bridgehead atoms. The number of benzene rings is 2. The third kappa shape index (κ3) is 1.68. The summed E-state index contributed by atoms with van der Waals surface area (Å²) in [5.41, 5.74) is 3.48. The summed E-state index contributed by atoms with van der Waals surface area (Å²) in [6.07, 6.45) is 1.73. The summed E-state index contributed by atoms with van der Waals surface area (Å²) >= 11 is 0. The summed E-state index contributed by atoms with van der Waals surface area (Å²) in [7, 11) is 1.53. The monoisotopic (exact) mass is 240 g/mol. The predicted molar refractivity (Wildman–Crippen MR) is 71.6 cm³/mol. The number of ether oxygens (including phenoxy) is 1. The first-order valence-corrected chi connectivity index (χ1v) is 5.59. The summed E-state index contributed by atoms with van der Waals surface area (Å²) in [5.74, 6) is 0.546. The number of nitrogens with zero attached hydrogens (tertiary/aromatic N) is 1. The zero-order valence-corrected chi connectivity index (χ0v) is 9.84. The average molecular weight is 240 g/mol. The van der Waals surface area contributed by atoms with Gasteiger partial charge in [-0.3, -0.25) is 4.99 Å². The van der Waals surface area contributed by atoms with Crippen LogP contribution < -0.4 is 10.1 Å². The number of hydrogen-bond donors (Lipinski definition) is 2. The summed E-state index contributed by atoms with van der Waals surface area (Å²) in [4.78, 5) is 4.39. The molecule has 0 saturated carbocycles. The quantitative estimate of drug-likeness (QED) is 0.642. The lowest BCUT2D eigenvalue weighted by Crippen LogP contribution is -1.95. The van der Waals surface area contributed by atoms with Crippen LogP contribution in [0.2, 0.25) is 0 Å². The lowest BCUT2D eigenvalue weighted by molar-refractivity contribution is 0.373. The Balaban J connectivity index is 2.15. The molecule has 0 aromatic heterocycles. The first kappa shape index (κ1) is 10.7. The van der Waals surface area contributed by atoms with Gasteiger partial charge in [0.15, 0.2) is 11.5 Å². The van der Waals surface area contributed by atoms with Gasteiger partial charge in [-0.15, -0.1) is 0 Å². The van der Waals surface area contributed by atoms with E-state index >= 15 is 0 Å². The molecule has 4 heteroatoms. The molecule has 4 nitrogen and oxygen atoms in total. The van der Waals surface area contributed by atoms with Crippen molar-refractivity contribution in [3.8, 4) is 11.5 Å². The van der Waals surface area contributed by atoms with Gasteiger partial charge < -0.3 is 15.2 Å². The summed E-state index contributed by atoms with van der Waals surface area (Å²) in [5, 5.41) is 13.0. The van der Waals surface area contributed by atoms with E-state index in [-0.39, 0.29) is 5.75 Å². The Kier molecular flexibility index (Phi) is 2.41. The Hall–Kier alpha value is -2.49. The Labute approximate surface area is 105 Å². The number of aliphatic imine (C=N–C) groups is 1. The van der Waals surface area contributed by atoms with Gasteiger partial charge in [0.05, 0.1) is 24.2 Å². The van der Waals surface area contributed by atoms with Crippen LogP contribution in [0.15, 0.2) is 41.4 Å². The molecule has 18 heavy (non-hydrogen) atoms. The highest BCUT2D eigenvalue weighted by molar-refractivity contribution is 5.96. The lowest BCUT2D eigenvalue weighted by atomic mass is 10.1. The van der Waals surface area contributed by atoms with Gasteiger partial charge in [0, 0.05) is 17.8 Å². The van der Waals surface area contributed by atoms with Crippen molar-refractivity contribution in [1.82, 2.24) is 0 Å². The van der Waals surface area contributed by atoms with Crippen molar-refractivity contribution < 1.29 is 9.84 Å². The molecule has 0 saturated heterocycles. The van der Waals surface area contributed by atoms with Gasteiger partial charge in [0.1, 0.15) is 0 Å². The van der Waals surface area contributed by atoms with E-state index in [1.165, 1.54) is 7.11 Å². The van der Waals surface area contributed by atoms with Gasteiger partial charge in [-0.1, -0.05) is 12.1 Å². The Morgan fingerprint density at radius 1 is 1.17 bits per heavy atom. The number of fused-ring (bicyclic) bond motifs is 2. The van der Waals surface area contributed by atoms with E-state index in [4.69, 9.17) is 4.74 Å². The van der Waals surface area contributed by atoms with Crippen LogP contribution in [0, 0.1) is 0 Å². The molecule has 0 fully saturated rings. The minimum absolute atomic E-state index is 0.107. The van der Waals surface area contributed by atoms with E-state index < -0.39 is 0 Å². The van der Waals surface area contributed by atoms with Crippen LogP contribution in [-0.4, -0.2) is 18.4 Å². The Morgan fingerprint density at radius 2 is 2.00 bits per heavy atom. The number of phenolic OH excluding ortho intramolecular Hbond substituents is 1. The smallest absolute Gasteiger partial charge is 0.162 e. The molecule has 0 spiro atoms. The van der Waals surface area contributed by atoms with E-state index in [1.54, 1.807) is 18.3 Å². The number of anilines is 2.